The van der Waals surface area contributed by atoms with Crippen molar-refractivity contribution in [3.05, 3.63) is 88.4 Å². The molecule has 1 heterocycles. The fraction of sp³-hybridized carbons (Fsp3) is 0.0500. The summed E-state index contributed by atoms with van der Waals surface area (Å²) in [7, 11) is 0. The van der Waals surface area contributed by atoms with Crippen molar-refractivity contribution in [3.63, 3.8) is 0 Å². The highest BCUT2D eigenvalue weighted by Gasteiger charge is 2.12. The van der Waals surface area contributed by atoms with E-state index in [1.165, 1.54) is 11.1 Å². The summed E-state index contributed by atoms with van der Waals surface area (Å²) >= 11 is 3.69. The predicted octanol–water partition coefficient (Wildman–Crippen LogP) is 5.58. The Morgan fingerprint density at radius 1 is 0.826 bits per heavy atom. The molecule has 3 aromatic carbocycles. The van der Waals surface area contributed by atoms with E-state index < -0.39 is 0 Å². The van der Waals surface area contributed by atoms with Gasteiger partial charge in [0.1, 0.15) is 5.82 Å². The number of nitrogens with one attached hydrogen (secondary N) is 1. The Kier molecular flexibility index (Phi) is 3.72. The first kappa shape index (κ1) is 14.2. The number of benzene rings is 3. The van der Waals surface area contributed by atoms with Gasteiger partial charge < -0.3 is 4.98 Å². The molecule has 4 aromatic rings. The van der Waals surface area contributed by atoms with E-state index in [0.29, 0.717) is 0 Å². The third-order valence-electron chi connectivity index (χ3n) is 3.97. The second-order valence-electron chi connectivity index (χ2n) is 5.54. The van der Waals surface area contributed by atoms with Crippen LogP contribution in [-0.2, 0) is 6.42 Å². The molecule has 0 atom stereocenters. The summed E-state index contributed by atoms with van der Waals surface area (Å²) in [6.07, 6.45) is 0.859. The number of fused-ring (bicyclic) bond motifs is 1. The standard InChI is InChI=1S/C20H15BrN2/c21-17-11-12-18-19(16(17)13-14-7-3-1-4-8-14)23-20(22-18)15-9-5-2-6-10-15/h1-12H,13H2,(H,22,23). The molecular weight excluding hydrogens is 348 g/mol. The van der Waals surface area contributed by atoms with Crippen molar-refractivity contribution in [1.29, 1.82) is 0 Å². The number of rotatable bonds is 3. The molecule has 0 saturated carbocycles. The Morgan fingerprint density at radius 2 is 1.52 bits per heavy atom. The van der Waals surface area contributed by atoms with Gasteiger partial charge in [0.05, 0.1) is 11.0 Å². The lowest BCUT2D eigenvalue weighted by molar-refractivity contribution is 1.19. The maximum atomic E-state index is 4.85. The minimum atomic E-state index is 0.859. The summed E-state index contributed by atoms with van der Waals surface area (Å²) < 4.78 is 1.10. The normalized spacial score (nSPS) is 11.0. The van der Waals surface area contributed by atoms with Crippen molar-refractivity contribution in [2.45, 2.75) is 6.42 Å². The van der Waals surface area contributed by atoms with Crippen molar-refractivity contribution < 1.29 is 0 Å². The van der Waals surface area contributed by atoms with Crippen LogP contribution in [0.15, 0.2) is 77.3 Å². The van der Waals surface area contributed by atoms with Crippen LogP contribution in [0.1, 0.15) is 11.1 Å². The van der Waals surface area contributed by atoms with Crippen LogP contribution >= 0.6 is 15.9 Å². The minimum absolute atomic E-state index is 0.859. The summed E-state index contributed by atoms with van der Waals surface area (Å²) in [4.78, 5) is 8.29. The topological polar surface area (TPSA) is 28.7 Å². The average Bonchev–Trinajstić information content (AvgIpc) is 3.04. The minimum Gasteiger partial charge on any atom is -0.338 e. The SMILES string of the molecule is Brc1ccc2[nH]c(-c3ccccc3)nc2c1Cc1ccccc1. The molecule has 0 bridgehead atoms. The maximum absolute atomic E-state index is 4.85. The van der Waals surface area contributed by atoms with Crippen LogP contribution in [0.5, 0.6) is 0 Å². The number of H-pyrrole nitrogens is 1. The highest BCUT2D eigenvalue weighted by atomic mass is 79.9. The number of hydrogen-bond acceptors (Lipinski definition) is 1. The summed E-state index contributed by atoms with van der Waals surface area (Å²) in [5.74, 6) is 0.910. The van der Waals surface area contributed by atoms with E-state index in [0.717, 1.165) is 33.3 Å². The summed E-state index contributed by atoms with van der Waals surface area (Å²) in [6, 6.07) is 24.9. The van der Waals surface area contributed by atoms with Gasteiger partial charge >= 0.3 is 0 Å². The number of aromatic amines is 1. The van der Waals surface area contributed by atoms with E-state index in [9.17, 15) is 0 Å². The number of hydrogen-bond donors (Lipinski definition) is 1. The van der Waals surface area contributed by atoms with Crippen LogP contribution in [-0.4, -0.2) is 9.97 Å². The zero-order valence-electron chi connectivity index (χ0n) is 12.5. The molecule has 0 spiro atoms. The molecule has 0 aliphatic rings. The molecule has 112 valence electrons. The third kappa shape index (κ3) is 2.80. The fourth-order valence-electron chi connectivity index (χ4n) is 2.81. The van der Waals surface area contributed by atoms with Crippen LogP contribution in [0.3, 0.4) is 0 Å². The van der Waals surface area contributed by atoms with Crippen LogP contribution in [0.4, 0.5) is 0 Å². The molecule has 0 radical (unpaired) electrons. The van der Waals surface area contributed by atoms with Crippen molar-refractivity contribution in [1.82, 2.24) is 9.97 Å². The van der Waals surface area contributed by atoms with Gasteiger partial charge in [-0.25, -0.2) is 4.98 Å². The molecule has 0 unspecified atom stereocenters. The van der Waals surface area contributed by atoms with Crippen LogP contribution in [0.2, 0.25) is 0 Å². The second-order valence-corrected chi connectivity index (χ2v) is 6.39. The molecule has 1 aromatic heterocycles. The van der Waals surface area contributed by atoms with Crippen LogP contribution < -0.4 is 0 Å². The summed E-state index contributed by atoms with van der Waals surface area (Å²) in [5, 5.41) is 0. The Labute approximate surface area is 143 Å². The molecule has 3 heteroatoms. The lowest BCUT2D eigenvalue weighted by Crippen LogP contribution is -1.91. The molecule has 1 N–H and O–H groups in total. The molecule has 0 amide bonds. The second kappa shape index (κ2) is 6.01. The largest absolute Gasteiger partial charge is 0.338 e. The van der Waals surface area contributed by atoms with Crippen molar-refractivity contribution >= 4 is 27.0 Å². The monoisotopic (exact) mass is 362 g/mol. The summed E-state index contributed by atoms with van der Waals surface area (Å²) in [6.45, 7) is 0. The average molecular weight is 363 g/mol. The molecule has 0 saturated heterocycles. The molecular formula is C20H15BrN2. The first-order valence-electron chi connectivity index (χ1n) is 7.58. The van der Waals surface area contributed by atoms with E-state index in [1.54, 1.807) is 0 Å². The van der Waals surface area contributed by atoms with E-state index in [-0.39, 0.29) is 0 Å². The Morgan fingerprint density at radius 3 is 2.26 bits per heavy atom. The first-order valence-corrected chi connectivity index (χ1v) is 8.37. The Balaban J connectivity index is 1.84. The highest BCUT2D eigenvalue weighted by Crippen LogP contribution is 2.29. The Hall–Kier alpha value is -2.39. The van der Waals surface area contributed by atoms with Crippen LogP contribution in [0.25, 0.3) is 22.4 Å². The zero-order valence-corrected chi connectivity index (χ0v) is 14.0. The van der Waals surface area contributed by atoms with Gasteiger partial charge in [-0.05, 0) is 23.3 Å². The molecule has 23 heavy (non-hydrogen) atoms. The van der Waals surface area contributed by atoms with Gasteiger partial charge in [-0.3, -0.25) is 0 Å². The molecule has 4 rings (SSSR count). The van der Waals surface area contributed by atoms with Gasteiger partial charge in [0.2, 0.25) is 0 Å². The maximum Gasteiger partial charge on any atom is 0.138 e. The number of imidazole rings is 1. The van der Waals surface area contributed by atoms with Gasteiger partial charge in [0.25, 0.3) is 0 Å². The predicted molar refractivity (Wildman–Crippen MR) is 98.5 cm³/mol. The molecule has 2 nitrogen and oxygen atoms in total. The smallest absolute Gasteiger partial charge is 0.138 e. The Bertz CT molecular complexity index is 943. The highest BCUT2D eigenvalue weighted by molar-refractivity contribution is 9.10. The van der Waals surface area contributed by atoms with Gasteiger partial charge in [-0.15, -0.1) is 0 Å². The quantitative estimate of drug-likeness (QED) is 0.506. The van der Waals surface area contributed by atoms with Gasteiger partial charge in [0, 0.05) is 16.5 Å². The summed E-state index contributed by atoms with van der Waals surface area (Å²) in [5.41, 5.74) is 5.70. The fourth-order valence-corrected chi connectivity index (χ4v) is 3.27. The van der Waals surface area contributed by atoms with E-state index in [1.807, 2.05) is 24.3 Å². The molecule has 0 fully saturated rings. The third-order valence-corrected chi connectivity index (χ3v) is 4.72. The van der Waals surface area contributed by atoms with Crippen molar-refractivity contribution in [2.24, 2.45) is 0 Å². The molecule has 0 aliphatic heterocycles. The van der Waals surface area contributed by atoms with Gasteiger partial charge in [0.15, 0.2) is 0 Å². The van der Waals surface area contributed by atoms with E-state index >= 15 is 0 Å². The van der Waals surface area contributed by atoms with Crippen molar-refractivity contribution in [3.8, 4) is 11.4 Å². The van der Waals surface area contributed by atoms with Crippen LogP contribution in [0, 0.1) is 0 Å². The zero-order chi connectivity index (χ0) is 15.6. The first-order chi connectivity index (χ1) is 11.3. The van der Waals surface area contributed by atoms with Gasteiger partial charge in [-0.2, -0.15) is 0 Å². The van der Waals surface area contributed by atoms with E-state index in [2.05, 4.69) is 69.4 Å². The van der Waals surface area contributed by atoms with Gasteiger partial charge in [-0.1, -0.05) is 76.6 Å². The lowest BCUT2D eigenvalue weighted by atomic mass is 10.0. The molecule has 0 aliphatic carbocycles. The number of halogens is 1. The number of nitrogens with zero attached hydrogens (tertiary/aromatic N) is 1. The number of aromatic nitrogens is 2. The van der Waals surface area contributed by atoms with E-state index in [4.69, 9.17) is 4.98 Å². The lowest BCUT2D eigenvalue weighted by Gasteiger charge is -2.05. The van der Waals surface area contributed by atoms with Crippen molar-refractivity contribution in [2.75, 3.05) is 0 Å².